The summed E-state index contributed by atoms with van der Waals surface area (Å²) in [6.07, 6.45) is 2.26. The number of carbonyl (C=O) groups excluding carboxylic acids is 1. The van der Waals surface area contributed by atoms with Crippen molar-refractivity contribution < 1.29 is 4.79 Å². The van der Waals surface area contributed by atoms with E-state index >= 15 is 0 Å². The number of benzene rings is 1. The third kappa shape index (κ3) is 2.51. The second-order valence-electron chi connectivity index (χ2n) is 6.20. The van der Waals surface area contributed by atoms with E-state index < -0.39 is 0 Å². The summed E-state index contributed by atoms with van der Waals surface area (Å²) < 4.78 is 0. The summed E-state index contributed by atoms with van der Waals surface area (Å²) in [5.74, 6) is 0.662. The monoisotopic (exact) mass is 313 g/mol. The Hall–Kier alpha value is -1.85. The molecule has 1 saturated heterocycles. The van der Waals surface area contributed by atoms with Gasteiger partial charge in [0, 0.05) is 29.2 Å². The molecule has 2 fully saturated rings. The second-order valence-corrected chi connectivity index (χ2v) is 7.29. The van der Waals surface area contributed by atoms with Crippen LogP contribution in [0.5, 0.6) is 0 Å². The van der Waals surface area contributed by atoms with Crippen molar-refractivity contribution in [1.82, 2.24) is 10.6 Å². The molecule has 2 heterocycles. The zero-order valence-electron chi connectivity index (χ0n) is 12.2. The van der Waals surface area contributed by atoms with Crippen molar-refractivity contribution in [2.75, 3.05) is 12.3 Å². The van der Waals surface area contributed by atoms with Crippen LogP contribution in [0.25, 0.3) is 10.4 Å². The van der Waals surface area contributed by atoms with Crippen molar-refractivity contribution >= 4 is 22.9 Å². The SMILES string of the molecule is Nc1ccc(-c2ccc(C(=O)NC3CC4CC3CN4)s2)cc1. The van der Waals surface area contributed by atoms with E-state index in [1.165, 1.54) is 17.8 Å². The van der Waals surface area contributed by atoms with Gasteiger partial charge >= 0.3 is 0 Å². The molecule has 3 atom stereocenters. The van der Waals surface area contributed by atoms with Gasteiger partial charge in [0.1, 0.15) is 0 Å². The molecule has 1 aromatic heterocycles. The smallest absolute Gasteiger partial charge is 0.261 e. The summed E-state index contributed by atoms with van der Waals surface area (Å²) in [4.78, 5) is 14.3. The Morgan fingerprint density at radius 1 is 1.18 bits per heavy atom. The molecular weight excluding hydrogens is 294 g/mol. The number of carbonyl (C=O) groups is 1. The van der Waals surface area contributed by atoms with Gasteiger partial charge in [-0.25, -0.2) is 0 Å². The lowest BCUT2D eigenvalue weighted by Crippen LogP contribution is -2.43. The highest BCUT2D eigenvalue weighted by Gasteiger charge is 2.40. The van der Waals surface area contributed by atoms with Gasteiger partial charge in [0.05, 0.1) is 4.88 Å². The Labute approximate surface area is 133 Å². The zero-order valence-corrected chi connectivity index (χ0v) is 13.0. The summed E-state index contributed by atoms with van der Waals surface area (Å²) in [6, 6.07) is 12.6. The van der Waals surface area contributed by atoms with Crippen LogP contribution in [-0.2, 0) is 0 Å². The van der Waals surface area contributed by atoms with Gasteiger partial charge in [-0.2, -0.15) is 0 Å². The maximum atomic E-state index is 12.4. The molecule has 2 aliphatic rings. The Bertz CT molecular complexity index is 694. The minimum absolute atomic E-state index is 0.0595. The molecule has 5 heteroatoms. The highest BCUT2D eigenvalue weighted by atomic mass is 32.1. The average Bonchev–Trinajstić information content (AvgIpc) is 3.24. The standard InChI is InChI=1S/C17H19N3OS/c18-12-3-1-10(2-4-12)15-5-6-16(22-15)17(21)20-14-8-13-7-11(14)9-19-13/h1-6,11,13-14,19H,7-9,18H2,(H,20,21). The predicted molar refractivity (Wildman–Crippen MR) is 89.9 cm³/mol. The number of nitrogens with two attached hydrogens (primary N) is 1. The van der Waals surface area contributed by atoms with Crippen molar-refractivity contribution in [1.29, 1.82) is 0 Å². The van der Waals surface area contributed by atoms with E-state index in [1.807, 2.05) is 36.4 Å². The number of hydrogen-bond donors (Lipinski definition) is 3. The maximum absolute atomic E-state index is 12.4. The molecule has 22 heavy (non-hydrogen) atoms. The Balaban J connectivity index is 1.46. The van der Waals surface area contributed by atoms with Gasteiger partial charge in [-0.1, -0.05) is 12.1 Å². The maximum Gasteiger partial charge on any atom is 0.261 e. The van der Waals surface area contributed by atoms with E-state index in [0.29, 0.717) is 18.0 Å². The highest BCUT2D eigenvalue weighted by molar-refractivity contribution is 7.17. The number of rotatable bonds is 3. The lowest BCUT2D eigenvalue weighted by Gasteiger charge is -2.23. The largest absolute Gasteiger partial charge is 0.399 e. The molecule has 1 aromatic carbocycles. The van der Waals surface area contributed by atoms with Crippen LogP contribution in [-0.4, -0.2) is 24.5 Å². The van der Waals surface area contributed by atoms with Crippen LogP contribution in [0.1, 0.15) is 22.5 Å². The van der Waals surface area contributed by atoms with E-state index in [-0.39, 0.29) is 5.91 Å². The quantitative estimate of drug-likeness (QED) is 0.763. The van der Waals surface area contributed by atoms with Crippen LogP contribution in [0.3, 0.4) is 0 Å². The van der Waals surface area contributed by atoms with Crippen molar-refractivity contribution in [3.63, 3.8) is 0 Å². The van der Waals surface area contributed by atoms with Gasteiger partial charge in [-0.05, 0) is 48.6 Å². The predicted octanol–water partition coefficient (Wildman–Crippen LogP) is 2.48. The topological polar surface area (TPSA) is 67.2 Å². The molecule has 4 N–H and O–H groups in total. The normalized spacial score (nSPS) is 26.3. The van der Waals surface area contributed by atoms with Crippen LogP contribution >= 0.6 is 11.3 Å². The van der Waals surface area contributed by atoms with Crippen molar-refractivity contribution in [2.45, 2.75) is 24.9 Å². The number of thiophene rings is 1. The van der Waals surface area contributed by atoms with E-state index in [2.05, 4.69) is 10.6 Å². The van der Waals surface area contributed by atoms with E-state index in [1.54, 1.807) is 0 Å². The molecule has 0 radical (unpaired) electrons. The van der Waals surface area contributed by atoms with E-state index in [4.69, 9.17) is 5.73 Å². The molecule has 4 nitrogen and oxygen atoms in total. The van der Waals surface area contributed by atoms with Gasteiger partial charge in [-0.15, -0.1) is 11.3 Å². The molecule has 1 aliphatic heterocycles. The van der Waals surface area contributed by atoms with Crippen LogP contribution in [0.4, 0.5) is 5.69 Å². The number of anilines is 1. The number of nitrogens with one attached hydrogen (secondary N) is 2. The lowest BCUT2D eigenvalue weighted by atomic mass is 10.0. The summed E-state index contributed by atoms with van der Waals surface area (Å²) in [5, 5.41) is 6.68. The Morgan fingerprint density at radius 2 is 2.00 bits per heavy atom. The highest BCUT2D eigenvalue weighted by Crippen LogP contribution is 2.32. The van der Waals surface area contributed by atoms with E-state index in [9.17, 15) is 4.79 Å². The Morgan fingerprint density at radius 3 is 2.68 bits per heavy atom. The van der Waals surface area contributed by atoms with Gasteiger partial charge < -0.3 is 16.4 Å². The molecule has 2 bridgehead atoms. The minimum atomic E-state index is 0.0595. The third-order valence-electron chi connectivity index (χ3n) is 4.70. The average molecular weight is 313 g/mol. The van der Waals surface area contributed by atoms with Crippen LogP contribution in [0.15, 0.2) is 36.4 Å². The summed E-state index contributed by atoms with van der Waals surface area (Å²) in [5.41, 5.74) is 7.57. The van der Waals surface area contributed by atoms with Crippen LogP contribution in [0.2, 0.25) is 0 Å². The molecule has 114 valence electrons. The molecular formula is C17H19N3OS. The van der Waals surface area contributed by atoms with Gasteiger partial charge in [0.25, 0.3) is 5.91 Å². The summed E-state index contributed by atoms with van der Waals surface area (Å²) >= 11 is 1.53. The molecule has 3 unspecified atom stereocenters. The molecule has 0 spiro atoms. The fourth-order valence-corrected chi connectivity index (χ4v) is 4.43. The second kappa shape index (κ2) is 5.41. The lowest BCUT2D eigenvalue weighted by molar-refractivity contribution is 0.0929. The van der Waals surface area contributed by atoms with Gasteiger partial charge in [-0.3, -0.25) is 4.79 Å². The molecule has 1 amide bonds. The summed E-state index contributed by atoms with van der Waals surface area (Å²) in [6.45, 7) is 1.04. The fraction of sp³-hybridized carbons (Fsp3) is 0.353. The zero-order chi connectivity index (χ0) is 15.1. The van der Waals surface area contributed by atoms with Gasteiger partial charge in [0.2, 0.25) is 0 Å². The number of amides is 1. The number of nitrogen functional groups attached to an aromatic ring is 1. The third-order valence-corrected chi connectivity index (χ3v) is 5.84. The first-order valence-electron chi connectivity index (χ1n) is 7.69. The first-order chi connectivity index (χ1) is 10.7. The fourth-order valence-electron chi connectivity index (χ4n) is 3.51. The number of hydrogen-bond acceptors (Lipinski definition) is 4. The number of fused-ring (bicyclic) bond motifs is 2. The van der Waals surface area contributed by atoms with Crippen LogP contribution in [0, 0.1) is 5.92 Å². The van der Waals surface area contributed by atoms with Crippen LogP contribution < -0.4 is 16.4 Å². The Kier molecular flexibility index (Phi) is 3.39. The van der Waals surface area contributed by atoms with Gasteiger partial charge in [0.15, 0.2) is 0 Å². The molecule has 1 aliphatic carbocycles. The minimum Gasteiger partial charge on any atom is -0.399 e. The van der Waals surface area contributed by atoms with Crippen molar-refractivity contribution in [3.8, 4) is 10.4 Å². The van der Waals surface area contributed by atoms with Crippen molar-refractivity contribution in [3.05, 3.63) is 41.3 Å². The first kappa shape index (κ1) is 13.8. The van der Waals surface area contributed by atoms with E-state index in [0.717, 1.165) is 34.0 Å². The summed E-state index contributed by atoms with van der Waals surface area (Å²) in [7, 11) is 0. The first-order valence-corrected chi connectivity index (χ1v) is 8.51. The van der Waals surface area contributed by atoms with Crippen molar-refractivity contribution in [2.24, 2.45) is 5.92 Å². The molecule has 2 aromatic rings. The number of piperidine rings is 1. The molecule has 1 saturated carbocycles. The molecule has 4 rings (SSSR count).